The van der Waals surface area contributed by atoms with Crippen molar-refractivity contribution >= 4 is 61.7 Å². The standard InChI is InChI=1S/C18H42O4S4Si2/c1-5-19-17(20-6-2)13-15(27)9-11-23-25-26-24-12-10-16(28)14-18(21-7-3)22-8-4/h15-18H,5-14H2,1-4,27-28H3. The first-order chi connectivity index (χ1) is 13.6. The van der Waals surface area contributed by atoms with Crippen LogP contribution in [-0.2, 0) is 18.9 Å². The zero-order chi connectivity index (χ0) is 21.0. The van der Waals surface area contributed by atoms with Crippen LogP contribution in [0.4, 0.5) is 0 Å². The molecule has 2 unspecified atom stereocenters. The lowest BCUT2D eigenvalue weighted by Crippen LogP contribution is -2.19. The quantitative estimate of drug-likeness (QED) is 0.0985. The molecule has 0 radical (unpaired) electrons. The van der Waals surface area contributed by atoms with Gasteiger partial charge < -0.3 is 18.9 Å². The van der Waals surface area contributed by atoms with Gasteiger partial charge in [0.1, 0.15) is 0 Å². The third-order valence-electron chi connectivity index (χ3n) is 4.11. The Hall–Kier alpha value is 1.67. The summed E-state index contributed by atoms with van der Waals surface area (Å²) in [5.74, 6) is 2.43. The van der Waals surface area contributed by atoms with E-state index in [1.807, 2.05) is 68.9 Å². The van der Waals surface area contributed by atoms with Gasteiger partial charge in [0.2, 0.25) is 0 Å². The minimum Gasteiger partial charge on any atom is -0.353 e. The normalized spacial score (nSPS) is 14.4. The van der Waals surface area contributed by atoms with E-state index in [0.29, 0.717) is 0 Å². The van der Waals surface area contributed by atoms with Gasteiger partial charge in [-0.25, -0.2) is 0 Å². The first kappa shape index (κ1) is 29.7. The van der Waals surface area contributed by atoms with Crippen LogP contribution in [-0.4, -0.2) is 71.0 Å². The molecule has 0 aromatic heterocycles. The fourth-order valence-electron chi connectivity index (χ4n) is 2.61. The van der Waals surface area contributed by atoms with Crippen LogP contribution in [0.25, 0.3) is 0 Å². The van der Waals surface area contributed by atoms with Crippen LogP contribution in [0, 0.1) is 0 Å². The van der Waals surface area contributed by atoms with E-state index in [-0.39, 0.29) is 12.6 Å². The van der Waals surface area contributed by atoms with E-state index in [2.05, 4.69) is 0 Å². The summed E-state index contributed by atoms with van der Waals surface area (Å²) in [6.45, 7) is 11.1. The van der Waals surface area contributed by atoms with E-state index in [9.17, 15) is 0 Å². The molecule has 170 valence electrons. The van der Waals surface area contributed by atoms with Crippen LogP contribution < -0.4 is 0 Å². The molecule has 0 aromatic carbocycles. The van der Waals surface area contributed by atoms with Gasteiger partial charge in [0.15, 0.2) is 12.6 Å². The number of rotatable bonds is 21. The summed E-state index contributed by atoms with van der Waals surface area (Å²) < 4.78 is 22.7. The molecular weight excluding hydrogens is 465 g/mol. The minimum atomic E-state index is -0.00401. The summed E-state index contributed by atoms with van der Waals surface area (Å²) in [4.78, 5) is 0. The second kappa shape index (κ2) is 21.9. The number of ether oxygens (including phenoxy) is 4. The van der Waals surface area contributed by atoms with Gasteiger partial charge in [-0.15, -0.1) is 0 Å². The van der Waals surface area contributed by atoms with Crippen LogP contribution in [0.5, 0.6) is 0 Å². The van der Waals surface area contributed by atoms with Crippen LogP contribution in [0.3, 0.4) is 0 Å². The molecule has 10 heteroatoms. The molecular formula is C18H42O4S4Si2. The zero-order valence-corrected chi connectivity index (χ0v) is 25.9. The van der Waals surface area contributed by atoms with Crippen LogP contribution in [0.1, 0.15) is 53.4 Å². The molecule has 0 rings (SSSR count). The van der Waals surface area contributed by atoms with E-state index in [1.165, 1.54) is 44.8 Å². The highest BCUT2D eigenvalue weighted by atomic mass is 33.7. The fraction of sp³-hybridized carbons (Fsp3) is 1.00. The molecule has 0 amide bonds. The summed E-state index contributed by atoms with van der Waals surface area (Å²) in [5, 5.41) is 0. The Morgan fingerprint density at radius 1 is 0.607 bits per heavy atom. The van der Waals surface area contributed by atoms with Crippen molar-refractivity contribution in [1.29, 1.82) is 0 Å². The summed E-state index contributed by atoms with van der Waals surface area (Å²) in [5.41, 5.74) is 1.53. The maximum Gasteiger partial charge on any atom is 0.157 e. The maximum atomic E-state index is 5.66. The highest BCUT2D eigenvalue weighted by Gasteiger charge is 2.14. The van der Waals surface area contributed by atoms with Crippen molar-refractivity contribution < 1.29 is 18.9 Å². The van der Waals surface area contributed by atoms with Gasteiger partial charge in [-0.1, -0.05) is 21.6 Å². The molecule has 0 heterocycles. The molecule has 0 aliphatic rings. The monoisotopic (exact) mass is 506 g/mol. The molecule has 0 aliphatic carbocycles. The average Bonchev–Trinajstić information content (AvgIpc) is 2.64. The highest BCUT2D eigenvalue weighted by Crippen LogP contribution is 2.44. The van der Waals surface area contributed by atoms with Crippen LogP contribution in [0.15, 0.2) is 0 Å². The lowest BCUT2D eigenvalue weighted by Gasteiger charge is -2.20. The van der Waals surface area contributed by atoms with Gasteiger partial charge in [0, 0.05) is 58.4 Å². The topological polar surface area (TPSA) is 36.9 Å². The van der Waals surface area contributed by atoms with Crippen molar-refractivity contribution in [3.63, 3.8) is 0 Å². The summed E-state index contributed by atoms with van der Waals surface area (Å²) in [7, 11) is 10.2. The molecule has 28 heavy (non-hydrogen) atoms. The molecule has 0 N–H and O–H groups in total. The Morgan fingerprint density at radius 3 is 1.21 bits per heavy atom. The molecule has 0 aliphatic heterocycles. The Kier molecular flexibility index (Phi) is 23.2. The highest BCUT2D eigenvalue weighted by molar-refractivity contribution is 9.26. The predicted octanol–water partition coefficient (Wildman–Crippen LogP) is 4.33. The molecule has 4 nitrogen and oxygen atoms in total. The summed E-state index contributed by atoms with van der Waals surface area (Å²) in [6.07, 6.45) is 4.63. The van der Waals surface area contributed by atoms with Crippen molar-refractivity contribution in [2.45, 2.75) is 77.0 Å². The lowest BCUT2D eigenvalue weighted by atomic mass is 10.2. The van der Waals surface area contributed by atoms with Crippen molar-refractivity contribution in [3.05, 3.63) is 0 Å². The van der Waals surface area contributed by atoms with E-state index < -0.39 is 0 Å². The Labute approximate surface area is 194 Å². The van der Waals surface area contributed by atoms with Crippen molar-refractivity contribution in [2.24, 2.45) is 0 Å². The van der Waals surface area contributed by atoms with Gasteiger partial charge in [-0.05, 0) is 84.1 Å². The predicted molar refractivity (Wildman–Crippen MR) is 140 cm³/mol. The molecule has 0 saturated heterocycles. The van der Waals surface area contributed by atoms with Crippen molar-refractivity contribution in [2.75, 3.05) is 37.9 Å². The zero-order valence-electron chi connectivity index (χ0n) is 18.6. The van der Waals surface area contributed by atoms with Crippen LogP contribution >= 0.6 is 41.2 Å². The molecule has 0 saturated carbocycles. The molecule has 0 spiro atoms. The first-order valence-corrected chi connectivity index (χ1v) is 18.1. The van der Waals surface area contributed by atoms with Gasteiger partial charge in [0.05, 0.1) is 0 Å². The SMILES string of the molecule is CCOC(CC([SiH3])CCSSSSCCC([SiH3])CC(OCC)OCC)OCC. The number of hydrogen-bond acceptors (Lipinski definition) is 8. The molecule has 2 atom stereocenters. The third kappa shape index (κ3) is 18.4. The largest absolute Gasteiger partial charge is 0.353 e. The maximum absolute atomic E-state index is 5.66. The third-order valence-corrected chi connectivity index (χ3v) is 12.7. The molecule has 0 aromatic rings. The van der Waals surface area contributed by atoms with Gasteiger partial charge in [0.25, 0.3) is 0 Å². The van der Waals surface area contributed by atoms with Gasteiger partial charge in [-0.3, -0.25) is 0 Å². The second-order valence-corrected chi connectivity index (χ2v) is 16.2. The second-order valence-electron chi connectivity index (χ2n) is 6.72. The fourth-order valence-corrected chi connectivity index (χ4v) is 11.3. The Balaban J connectivity index is 3.62. The number of hydrogen-bond donors (Lipinski definition) is 0. The van der Waals surface area contributed by atoms with E-state index in [1.54, 1.807) is 0 Å². The van der Waals surface area contributed by atoms with Gasteiger partial charge >= 0.3 is 0 Å². The lowest BCUT2D eigenvalue weighted by molar-refractivity contribution is -0.140. The Morgan fingerprint density at radius 2 is 0.929 bits per heavy atom. The van der Waals surface area contributed by atoms with Crippen molar-refractivity contribution in [1.82, 2.24) is 0 Å². The van der Waals surface area contributed by atoms with Crippen molar-refractivity contribution in [3.8, 4) is 0 Å². The molecule has 0 bridgehead atoms. The first-order valence-electron chi connectivity index (χ1n) is 10.6. The smallest absolute Gasteiger partial charge is 0.157 e. The minimum absolute atomic E-state index is 0.00401. The molecule has 0 fully saturated rings. The summed E-state index contributed by atoms with van der Waals surface area (Å²) in [6, 6.07) is 0. The average molecular weight is 507 g/mol. The van der Waals surface area contributed by atoms with Gasteiger partial charge in [-0.2, -0.15) is 0 Å². The van der Waals surface area contributed by atoms with Crippen LogP contribution in [0.2, 0.25) is 11.1 Å². The van der Waals surface area contributed by atoms with E-state index >= 15 is 0 Å². The van der Waals surface area contributed by atoms with E-state index in [4.69, 9.17) is 18.9 Å². The summed E-state index contributed by atoms with van der Waals surface area (Å²) >= 11 is 0. The Bertz CT molecular complexity index is 294. The van der Waals surface area contributed by atoms with E-state index in [0.717, 1.165) is 50.4 Å².